The van der Waals surface area contributed by atoms with Gasteiger partial charge in [0.15, 0.2) is 5.82 Å². The quantitative estimate of drug-likeness (QED) is 0.670. The van der Waals surface area contributed by atoms with Gasteiger partial charge < -0.3 is 10.1 Å². The summed E-state index contributed by atoms with van der Waals surface area (Å²) in [7, 11) is 0. The summed E-state index contributed by atoms with van der Waals surface area (Å²) in [5, 5.41) is 9.08. The number of aromatic nitrogens is 3. The predicted molar refractivity (Wildman–Crippen MR) is 103 cm³/mol. The highest BCUT2D eigenvalue weighted by Crippen LogP contribution is 2.25. The minimum atomic E-state index is -0.486. The number of nitrogens with zero attached hydrogens (tertiary/aromatic N) is 3. The van der Waals surface area contributed by atoms with E-state index in [1.807, 2.05) is 38.3 Å². The number of benzene rings is 1. The normalized spacial score (nSPS) is 11.6. The monoisotopic (exact) mass is 388 g/mol. The molecule has 0 aliphatic rings. The maximum absolute atomic E-state index is 13.3. The van der Waals surface area contributed by atoms with Gasteiger partial charge in [0.2, 0.25) is 5.82 Å². The molecule has 3 aromatic rings. The first kappa shape index (κ1) is 19.2. The number of nitrogens with one attached hydrogen (secondary N) is 1. The summed E-state index contributed by atoms with van der Waals surface area (Å²) in [6.45, 7) is 6.60. The van der Waals surface area contributed by atoms with Crippen LogP contribution in [-0.2, 0) is 4.74 Å². The summed E-state index contributed by atoms with van der Waals surface area (Å²) in [5.41, 5.74) is 0.140. The summed E-state index contributed by atoms with van der Waals surface area (Å²) in [6, 6.07) is 9.68. The van der Waals surface area contributed by atoms with Crippen LogP contribution >= 0.6 is 11.3 Å². The van der Waals surface area contributed by atoms with Crippen LogP contribution in [0.1, 0.15) is 31.4 Å². The second-order valence-electron chi connectivity index (χ2n) is 6.50. The second kappa shape index (κ2) is 7.98. The Labute approximate surface area is 161 Å². The Morgan fingerprint density at radius 1 is 1.30 bits per heavy atom. The lowest BCUT2D eigenvalue weighted by molar-refractivity contribution is -0.00821. The highest BCUT2D eigenvalue weighted by atomic mass is 32.1. The predicted octanol–water partition coefficient (Wildman–Crippen LogP) is 3.68. The summed E-state index contributed by atoms with van der Waals surface area (Å²) in [6.07, 6.45) is 0. The molecule has 8 heteroatoms. The van der Waals surface area contributed by atoms with Crippen molar-refractivity contribution in [3.8, 4) is 16.4 Å². The minimum absolute atomic E-state index is 0.0509. The van der Waals surface area contributed by atoms with Crippen LogP contribution < -0.4 is 5.32 Å². The smallest absolute Gasteiger partial charge is 0.291 e. The van der Waals surface area contributed by atoms with Gasteiger partial charge >= 0.3 is 0 Å². The zero-order valence-corrected chi connectivity index (χ0v) is 16.2. The van der Waals surface area contributed by atoms with Crippen LogP contribution in [0.4, 0.5) is 4.39 Å². The van der Waals surface area contributed by atoms with Crippen LogP contribution in [0, 0.1) is 5.82 Å². The van der Waals surface area contributed by atoms with Gasteiger partial charge in [0.25, 0.3) is 5.91 Å². The van der Waals surface area contributed by atoms with Crippen LogP contribution in [0.15, 0.2) is 41.8 Å². The van der Waals surface area contributed by atoms with E-state index in [4.69, 9.17) is 4.74 Å². The van der Waals surface area contributed by atoms with Crippen molar-refractivity contribution in [2.24, 2.45) is 0 Å². The van der Waals surface area contributed by atoms with Gasteiger partial charge in [-0.2, -0.15) is 0 Å². The van der Waals surface area contributed by atoms with Crippen LogP contribution in [0.3, 0.4) is 0 Å². The molecule has 0 unspecified atom stereocenters. The molecule has 1 amide bonds. The van der Waals surface area contributed by atoms with Gasteiger partial charge in [0.05, 0.1) is 16.2 Å². The molecule has 142 valence electrons. The molecular weight excluding hydrogens is 367 g/mol. The van der Waals surface area contributed by atoms with Crippen molar-refractivity contribution in [2.45, 2.75) is 26.4 Å². The number of carbonyl (C=O) groups excluding carboxylic acids is 1. The van der Waals surface area contributed by atoms with E-state index in [-0.39, 0.29) is 17.5 Å². The number of halogens is 1. The van der Waals surface area contributed by atoms with Crippen LogP contribution in [0.2, 0.25) is 0 Å². The summed E-state index contributed by atoms with van der Waals surface area (Å²) in [4.78, 5) is 17.8. The number of amides is 1. The van der Waals surface area contributed by atoms with Gasteiger partial charge in [-0.1, -0.05) is 6.07 Å². The molecule has 0 spiro atoms. The molecule has 6 nitrogen and oxygen atoms in total. The fraction of sp³-hybridized carbons (Fsp3) is 0.316. The highest BCUT2D eigenvalue weighted by Gasteiger charge is 2.23. The van der Waals surface area contributed by atoms with Crippen LogP contribution in [0.25, 0.3) is 16.4 Å². The van der Waals surface area contributed by atoms with E-state index < -0.39 is 5.60 Å². The average Bonchev–Trinajstić information content (AvgIpc) is 3.30. The van der Waals surface area contributed by atoms with Crippen molar-refractivity contribution in [3.63, 3.8) is 0 Å². The average molecular weight is 388 g/mol. The van der Waals surface area contributed by atoms with Gasteiger partial charge in [-0.25, -0.2) is 14.1 Å². The molecule has 1 aromatic carbocycles. The molecule has 0 aliphatic carbocycles. The Morgan fingerprint density at radius 3 is 2.67 bits per heavy atom. The molecule has 27 heavy (non-hydrogen) atoms. The van der Waals surface area contributed by atoms with E-state index in [0.717, 1.165) is 4.88 Å². The maximum Gasteiger partial charge on any atom is 0.291 e. The number of ether oxygens (including phenoxy) is 1. The van der Waals surface area contributed by atoms with E-state index in [0.29, 0.717) is 24.7 Å². The van der Waals surface area contributed by atoms with Crippen molar-refractivity contribution in [1.82, 2.24) is 20.1 Å². The molecule has 2 heterocycles. The molecule has 0 atom stereocenters. The number of thiophene rings is 1. The Bertz CT molecular complexity index is 904. The third-order valence-corrected chi connectivity index (χ3v) is 4.70. The third-order valence-electron chi connectivity index (χ3n) is 3.83. The van der Waals surface area contributed by atoms with Crippen LogP contribution in [-0.4, -0.2) is 39.4 Å². The summed E-state index contributed by atoms with van der Waals surface area (Å²) >= 11 is 1.49. The van der Waals surface area contributed by atoms with E-state index in [2.05, 4.69) is 15.4 Å². The fourth-order valence-corrected chi connectivity index (χ4v) is 3.25. The largest absolute Gasteiger partial charge is 0.374 e. The summed E-state index contributed by atoms with van der Waals surface area (Å²) in [5.74, 6) is -0.144. The van der Waals surface area contributed by atoms with E-state index in [1.54, 1.807) is 16.8 Å². The molecule has 1 N–H and O–H groups in total. The fourth-order valence-electron chi connectivity index (χ4n) is 2.55. The first-order valence-corrected chi connectivity index (χ1v) is 9.46. The van der Waals surface area contributed by atoms with Crippen molar-refractivity contribution < 1.29 is 13.9 Å². The van der Waals surface area contributed by atoms with Gasteiger partial charge in [-0.05, 0) is 56.5 Å². The zero-order valence-electron chi connectivity index (χ0n) is 15.4. The molecule has 0 radical (unpaired) electrons. The Kier molecular flexibility index (Phi) is 5.67. The molecule has 0 fully saturated rings. The molecule has 0 aliphatic heterocycles. The van der Waals surface area contributed by atoms with E-state index in [1.165, 1.54) is 23.5 Å². The highest BCUT2D eigenvalue weighted by molar-refractivity contribution is 7.13. The number of hydrogen-bond donors (Lipinski definition) is 1. The lowest BCUT2D eigenvalue weighted by Crippen LogP contribution is -2.40. The van der Waals surface area contributed by atoms with Gasteiger partial charge in [0, 0.05) is 13.2 Å². The van der Waals surface area contributed by atoms with E-state index >= 15 is 0 Å². The summed E-state index contributed by atoms with van der Waals surface area (Å²) < 4.78 is 20.4. The van der Waals surface area contributed by atoms with Crippen molar-refractivity contribution >= 4 is 17.2 Å². The maximum atomic E-state index is 13.3. The molecular formula is C19H21FN4O2S. The Hall–Kier alpha value is -2.58. The zero-order chi connectivity index (χ0) is 19.4. The molecule has 3 rings (SSSR count). The van der Waals surface area contributed by atoms with Crippen LogP contribution in [0.5, 0.6) is 0 Å². The minimum Gasteiger partial charge on any atom is -0.374 e. The Balaban J connectivity index is 1.90. The van der Waals surface area contributed by atoms with Crippen molar-refractivity contribution in [3.05, 3.63) is 53.4 Å². The van der Waals surface area contributed by atoms with Crippen molar-refractivity contribution in [1.29, 1.82) is 0 Å². The SMILES string of the molecule is CCOC(C)(C)CNC(=O)c1nc(-c2cccs2)n(-c2ccc(F)cc2)n1. The standard InChI is InChI=1S/C19H21FN4O2S/c1-4-26-19(2,3)12-21-18(25)16-22-17(15-6-5-11-27-15)24(23-16)14-9-7-13(20)8-10-14/h5-11H,4,12H2,1-3H3,(H,21,25). The molecule has 2 aromatic heterocycles. The number of carbonyl (C=O) groups is 1. The topological polar surface area (TPSA) is 69.0 Å². The van der Waals surface area contributed by atoms with Gasteiger partial charge in [-0.3, -0.25) is 4.79 Å². The molecule has 0 saturated heterocycles. The lowest BCUT2D eigenvalue weighted by Gasteiger charge is -2.24. The first-order valence-electron chi connectivity index (χ1n) is 8.58. The number of rotatable bonds is 7. The van der Waals surface area contributed by atoms with E-state index in [9.17, 15) is 9.18 Å². The lowest BCUT2D eigenvalue weighted by atomic mass is 10.1. The van der Waals surface area contributed by atoms with Gasteiger partial charge in [-0.15, -0.1) is 16.4 Å². The second-order valence-corrected chi connectivity index (χ2v) is 7.45. The van der Waals surface area contributed by atoms with Crippen molar-refractivity contribution in [2.75, 3.05) is 13.2 Å². The molecule has 0 bridgehead atoms. The Morgan fingerprint density at radius 2 is 2.04 bits per heavy atom. The van der Waals surface area contributed by atoms with Gasteiger partial charge in [0.1, 0.15) is 5.82 Å². The first-order chi connectivity index (χ1) is 12.9. The number of hydrogen-bond acceptors (Lipinski definition) is 5. The molecule has 0 saturated carbocycles. The third kappa shape index (κ3) is 4.58.